The minimum absolute atomic E-state index is 0.274. The summed E-state index contributed by atoms with van der Waals surface area (Å²) in [6.45, 7) is 5.73. The zero-order valence-electron chi connectivity index (χ0n) is 13.6. The lowest BCUT2D eigenvalue weighted by Gasteiger charge is -2.17. The molecule has 4 nitrogen and oxygen atoms in total. The first kappa shape index (κ1) is 17.2. The Morgan fingerprint density at radius 2 is 1.87 bits per heavy atom. The van der Waals surface area contributed by atoms with Crippen LogP contribution in [0.1, 0.15) is 18.1 Å². The lowest BCUT2D eigenvalue weighted by Crippen LogP contribution is -2.30. The lowest BCUT2D eigenvalue weighted by atomic mass is 10.1. The second-order valence-electron chi connectivity index (χ2n) is 5.34. The third kappa shape index (κ3) is 4.39. The van der Waals surface area contributed by atoms with Crippen molar-refractivity contribution in [1.29, 1.82) is 0 Å². The molecule has 0 aromatic heterocycles. The molecule has 0 saturated carbocycles. The average molecular weight is 334 g/mol. The molecule has 0 unspecified atom stereocenters. The summed E-state index contributed by atoms with van der Waals surface area (Å²) in [7, 11) is 1.54. The van der Waals surface area contributed by atoms with Crippen molar-refractivity contribution in [2.75, 3.05) is 12.4 Å². The van der Waals surface area contributed by atoms with Gasteiger partial charge < -0.3 is 14.8 Å². The van der Waals surface area contributed by atoms with E-state index in [-0.39, 0.29) is 5.91 Å². The number of methoxy groups -OCH3 is 1. The van der Waals surface area contributed by atoms with Gasteiger partial charge >= 0.3 is 0 Å². The molecule has 0 aliphatic carbocycles. The van der Waals surface area contributed by atoms with E-state index in [1.54, 1.807) is 25.1 Å². The summed E-state index contributed by atoms with van der Waals surface area (Å²) in [5, 5.41) is 3.29. The number of halogens is 1. The van der Waals surface area contributed by atoms with Crippen molar-refractivity contribution in [2.45, 2.75) is 26.9 Å². The quantitative estimate of drug-likeness (QED) is 0.883. The smallest absolute Gasteiger partial charge is 0.265 e. The zero-order valence-corrected chi connectivity index (χ0v) is 14.4. The first-order chi connectivity index (χ1) is 10.9. The van der Waals surface area contributed by atoms with Crippen LogP contribution in [-0.4, -0.2) is 19.1 Å². The Labute approximate surface area is 141 Å². The van der Waals surface area contributed by atoms with Crippen LogP contribution in [0.5, 0.6) is 11.5 Å². The van der Waals surface area contributed by atoms with Crippen LogP contribution in [0, 0.1) is 13.8 Å². The minimum Gasteiger partial charge on any atom is -0.495 e. The molecule has 0 radical (unpaired) electrons. The number of amides is 1. The van der Waals surface area contributed by atoms with Gasteiger partial charge in [0.05, 0.1) is 12.8 Å². The highest BCUT2D eigenvalue weighted by molar-refractivity contribution is 6.31. The molecule has 2 aromatic rings. The van der Waals surface area contributed by atoms with E-state index < -0.39 is 6.10 Å². The van der Waals surface area contributed by atoms with Gasteiger partial charge in [-0.05, 0) is 62.2 Å². The van der Waals surface area contributed by atoms with Crippen LogP contribution in [0.15, 0.2) is 36.4 Å². The summed E-state index contributed by atoms with van der Waals surface area (Å²) in [5.74, 6) is 0.929. The van der Waals surface area contributed by atoms with Gasteiger partial charge in [-0.2, -0.15) is 0 Å². The fourth-order valence-corrected chi connectivity index (χ4v) is 2.23. The Morgan fingerprint density at radius 3 is 2.52 bits per heavy atom. The van der Waals surface area contributed by atoms with Crippen molar-refractivity contribution in [3.63, 3.8) is 0 Å². The Hall–Kier alpha value is -2.20. The topological polar surface area (TPSA) is 47.6 Å². The largest absolute Gasteiger partial charge is 0.495 e. The number of carbonyl (C=O) groups excluding carboxylic acids is 1. The fraction of sp³-hybridized carbons (Fsp3) is 0.278. The molecule has 2 aromatic carbocycles. The van der Waals surface area contributed by atoms with Gasteiger partial charge in [0.2, 0.25) is 0 Å². The lowest BCUT2D eigenvalue weighted by molar-refractivity contribution is -0.122. The molecule has 1 amide bonds. The fourth-order valence-electron chi connectivity index (χ4n) is 2.06. The second kappa shape index (κ2) is 7.38. The number of carbonyl (C=O) groups is 1. The van der Waals surface area contributed by atoms with E-state index in [2.05, 4.69) is 5.32 Å². The molecular formula is C18H20ClNO3. The number of nitrogens with one attached hydrogen (secondary N) is 1. The van der Waals surface area contributed by atoms with Crippen LogP contribution >= 0.6 is 11.6 Å². The van der Waals surface area contributed by atoms with E-state index in [1.165, 1.54) is 12.7 Å². The number of rotatable bonds is 5. The molecule has 5 heteroatoms. The maximum absolute atomic E-state index is 12.3. The normalized spacial score (nSPS) is 11.7. The summed E-state index contributed by atoms with van der Waals surface area (Å²) in [6.07, 6.45) is -0.652. The van der Waals surface area contributed by atoms with E-state index in [1.807, 2.05) is 32.0 Å². The third-order valence-corrected chi connectivity index (χ3v) is 3.81. The van der Waals surface area contributed by atoms with Gasteiger partial charge in [0, 0.05) is 5.02 Å². The van der Waals surface area contributed by atoms with Crippen LogP contribution in [0.2, 0.25) is 5.02 Å². The number of ether oxygens (including phenoxy) is 2. The highest BCUT2D eigenvalue weighted by Gasteiger charge is 2.17. The molecule has 0 heterocycles. The molecule has 0 saturated heterocycles. The van der Waals surface area contributed by atoms with Gasteiger partial charge in [0.15, 0.2) is 6.10 Å². The van der Waals surface area contributed by atoms with Crippen LogP contribution < -0.4 is 14.8 Å². The number of hydrogen-bond acceptors (Lipinski definition) is 3. The highest BCUT2D eigenvalue weighted by atomic mass is 35.5. The molecule has 1 atom stereocenters. The van der Waals surface area contributed by atoms with Gasteiger partial charge in [-0.15, -0.1) is 0 Å². The van der Waals surface area contributed by atoms with Crippen molar-refractivity contribution in [1.82, 2.24) is 0 Å². The van der Waals surface area contributed by atoms with Crippen molar-refractivity contribution in [3.05, 3.63) is 52.5 Å². The SMILES string of the molecule is COc1ccc(Cl)cc1NC(=O)[C@H](C)Oc1ccc(C)c(C)c1. The van der Waals surface area contributed by atoms with Gasteiger partial charge in [0.25, 0.3) is 5.91 Å². The number of anilines is 1. The summed E-state index contributed by atoms with van der Waals surface area (Å²) in [5.41, 5.74) is 2.81. The predicted octanol–water partition coefficient (Wildman–Crippen LogP) is 4.37. The van der Waals surface area contributed by atoms with Crippen LogP contribution in [0.25, 0.3) is 0 Å². The van der Waals surface area contributed by atoms with E-state index in [0.29, 0.717) is 22.2 Å². The predicted molar refractivity (Wildman–Crippen MR) is 92.6 cm³/mol. The van der Waals surface area contributed by atoms with Crippen LogP contribution in [-0.2, 0) is 4.79 Å². The summed E-state index contributed by atoms with van der Waals surface area (Å²) < 4.78 is 10.9. The number of benzene rings is 2. The maximum Gasteiger partial charge on any atom is 0.265 e. The first-order valence-corrected chi connectivity index (χ1v) is 7.67. The molecule has 1 N–H and O–H groups in total. The molecule has 2 rings (SSSR count). The molecule has 122 valence electrons. The Bertz CT molecular complexity index is 715. The van der Waals surface area contributed by atoms with Gasteiger partial charge in [-0.25, -0.2) is 0 Å². The van der Waals surface area contributed by atoms with Crippen molar-refractivity contribution in [3.8, 4) is 11.5 Å². The van der Waals surface area contributed by atoms with Crippen LogP contribution in [0.3, 0.4) is 0 Å². The van der Waals surface area contributed by atoms with Crippen molar-refractivity contribution in [2.24, 2.45) is 0 Å². The number of hydrogen-bond donors (Lipinski definition) is 1. The summed E-state index contributed by atoms with van der Waals surface area (Å²) in [6, 6.07) is 10.8. The average Bonchev–Trinajstić information content (AvgIpc) is 2.51. The summed E-state index contributed by atoms with van der Waals surface area (Å²) in [4.78, 5) is 12.3. The molecule has 0 fully saturated rings. The first-order valence-electron chi connectivity index (χ1n) is 7.29. The van der Waals surface area contributed by atoms with E-state index in [9.17, 15) is 4.79 Å². The molecule has 0 spiro atoms. The second-order valence-corrected chi connectivity index (χ2v) is 5.78. The Morgan fingerprint density at radius 1 is 1.13 bits per heavy atom. The zero-order chi connectivity index (χ0) is 17.0. The minimum atomic E-state index is -0.652. The monoisotopic (exact) mass is 333 g/mol. The van der Waals surface area contributed by atoms with Gasteiger partial charge in [-0.3, -0.25) is 4.79 Å². The number of aryl methyl sites for hydroxylation is 2. The van der Waals surface area contributed by atoms with E-state index >= 15 is 0 Å². The molecule has 23 heavy (non-hydrogen) atoms. The highest BCUT2D eigenvalue weighted by Crippen LogP contribution is 2.28. The molecule has 0 aliphatic heterocycles. The van der Waals surface area contributed by atoms with Crippen molar-refractivity contribution < 1.29 is 14.3 Å². The van der Waals surface area contributed by atoms with E-state index in [4.69, 9.17) is 21.1 Å². The third-order valence-electron chi connectivity index (χ3n) is 3.58. The Balaban J connectivity index is 2.08. The Kier molecular flexibility index (Phi) is 5.50. The molecule has 0 bridgehead atoms. The van der Waals surface area contributed by atoms with Crippen molar-refractivity contribution >= 4 is 23.2 Å². The molecular weight excluding hydrogens is 314 g/mol. The standard InChI is InChI=1S/C18H20ClNO3/c1-11-5-7-15(9-12(11)2)23-13(3)18(21)20-16-10-14(19)6-8-17(16)22-4/h5-10,13H,1-4H3,(H,20,21)/t13-/m0/s1. The van der Waals surface area contributed by atoms with Gasteiger partial charge in [-0.1, -0.05) is 17.7 Å². The van der Waals surface area contributed by atoms with Gasteiger partial charge in [0.1, 0.15) is 11.5 Å². The van der Waals surface area contributed by atoms with Crippen LogP contribution in [0.4, 0.5) is 5.69 Å². The maximum atomic E-state index is 12.3. The summed E-state index contributed by atoms with van der Waals surface area (Å²) >= 11 is 5.96. The van der Waals surface area contributed by atoms with E-state index in [0.717, 1.165) is 5.56 Å². The molecule has 0 aliphatic rings.